The van der Waals surface area contributed by atoms with Gasteiger partial charge in [0.25, 0.3) is 5.91 Å². The number of hydrogen-bond donors (Lipinski definition) is 1. The van der Waals surface area contributed by atoms with Gasteiger partial charge in [0, 0.05) is 17.6 Å². The number of nitrogens with one attached hydrogen (secondary N) is 1. The van der Waals surface area contributed by atoms with Crippen molar-refractivity contribution in [2.75, 3.05) is 5.88 Å². The van der Waals surface area contributed by atoms with E-state index in [1.165, 1.54) is 0 Å². The molecule has 0 saturated heterocycles. The van der Waals surface area contributed by atoms with Gasteiger partial charge in [0.15, 0.2) is 0 Å². The average Bonchev–Trinajstić information content (AvgIpc) is 2.30. The second kappa shape index (κ2) is 7.07. The largest absolute Gasteiger partial charge is 0.329 e. The monoisotopic (exact) mass is 223 g/mol. The summed E-state index contributed by atoms with van der Waals surface area (Å²) in [5.74, 6) is 0.564. The number of carbonyl (C=O) groups excluding carboxylic acids is 1. The molecule has 1 N–H and O–H groups in total. The Balaban J connectivity index is 2.34. The number of allylic oxidation sites excluding steroid dienone is 1. The van der Waals surface area contributed by atoms with Crippen LogP contribution in [0.25, 0.3) is 0 Å². The minimum Gasteiger partial charge on any atom is -0.329 e. The summed E-state index contributed by atoms with van der Waals surface area (Å²) in [4.78, 5) is 11.5. The first-order chi connectivity index (χ1) is 7.34. The van der Waals surface area contributed by atoms with Gasteiger partial charge in [-0.3, -0.25) is 4.79 Å². The smallest absolute Gasteiger partial charge is 0.255 e. The van der Waals surface area contributed by atoms with Crippen molar-refractivity contribution in [3.63, 3.8) is 0 Å². The molecule has 1 aromatic carbocycles. The Bertz CT molecular complexity index is 322. The van der Waals surface area contributed by atoms with Crippen LogP contribution >= 0.6 is 11.6 Å². The highest BCUT2D eigenvalue weighted by atomic mass is 35.5. The molecule has 0 aliphatic heterocycles. The molecule has 0 fully saturated rings. The van der Waals surface area contributed by atoms with E-state index in [1.807, 2.05) is 24.3 Å². The first kappa shape index (κ1) is 11.8. The van der Waals surface area contributed by atoms with Crippen molar-refractivity contribution in [1.29, 1.82) is 0 Å². The molecule has 0 atom stereocenters. The Kier molecular flexibility index (Phi) is 5.56. The fourth-order valence-corrected chi connectivity index (χ4v) is 1.24. The van der Waals surface area contributed by atoms with Gasteiger partial charge in [0.05, 0.1) is 0 Å². The van der Waals surface area contributed by atoms with Crippen LogP contribution < -0.4 is 5.32 Å². The van der Waals surface area contributed by atoms with Crippen LogP contribution in [0.2, 0.25) is 0 Å². The fraction of sp³-hybridized carbons (Fsp3) is 0.250. The van der Waals surface area contributed by atoms with Gasteiger partial charge in [0.2, 0.25) is 0 Å². The topological polar surface area (TPSA) is 29.1 Å². The summed E-state index contributed by atoms with van der Waals surface area (Å²) in [5.41, 5.74) is 0.666. The molecule has 1 amide bonds. The minimum atomic E-state index is -0.0854. The number of unbranched alkanes of at least 4 members (excludes halogenated alkanes) is 1. The third kappa shape index (κ3) is 4.66. The lowest BCUT2D eigenvalue weighted by Crippen LogP contribution is -2.16. The van der Waals surface area contributed by atoms with E-state index in [2.05, 4.69) is 5.32 Å². The molecule has 0 spiro atoms. The molecule has 0 aliphatic carbocycles. The molecule has 1 aromatic rings. The van der Waals surface area contributed by atoms with E-state index in [4.69, 9.17) is 11.6 Å². The molecule has 0 bridgehead atoms. The number of rotatable bonds is 5. The lowest BCUT2D eigenvalue weighted by Gasteiger charge is -1.98. The van der Waals surface area contributed by atoms with Crippen LogP contribution in [-0.4, -0.2) is 11.8 Å². The summed E-state index contributed by atoms with van der Waals surface area (Å²) in [6.45, 7) is 0. The maximum absolute atomic E-state index is 11.5. The van der Waals surface area contributed by atoms with E-state index < -0.39 is 0 Å². The van der Waals surface area contributed by atoms with E-state index >= 15 is 0 Å². The minimum absolute atomic E-state index is 0.0854. The zero-order valence-electron chi connectivity index (χ0n) is 8.45. The van der Waals surface area contributed by atoms with Gasteiger partial charge in [-0.25, -0.2) is 0 Å². The molecule has 3 heteroatoms. The number of amides is 1. The Morgan fingerprint density at radius 3 is 2.73 bits per heavy atom. The standard InChI is InChI=1S/C12H14ClNO/c13-9-5-2-6-10-14-12(15)11-7-3-1-4-8-11/h1,3-4,6-8,10H,2,5,9H2,(H,14,15)/b10-6+. The number of alkyl halides is 1. The summed E-state index contributed by atoms with van der Waals surface area (Å²) in [6, 6.07) is 9.12. The van der Waals surface area contributed by atoms with Crippen molar-refractivity contribution < 1.29 is 4.79 Å². The number of carbonyl (C=O) groups is 1. The number of hydrogen-bond acceptors (Lipinski definition) is 1. The van der Waals surface area contributed by atoms with Gasteiger partial charge in [-0.2, -0.15) is 0 Å². The summed E-state index contributed by atoms with van der Waals surface area (Å²) < 4.78 is 0. The summed E-state index contributed by atoms with van der Waals surface area (Å²) >= 11 is 5.52. The van der Waals surface area contributed by atoms with Crippen LogP contribution in [0.3, 0.4) is 0 Å². The van der Waals surface area contributed by atoms with Crippen molar-refractivity contribution in [2.24, 2.45) is 0 Å². The van der Waals surface area contributed by atoms with Gasteiger partial charge in [0.1, 0.15) is 0 Å². The van der Waals surface area contributed by atoms with E-state index in [0.717, 1.165) is 12.8 Å². The van der Waals surface area contributed by atoms with Crippen molar-refractivity contribution in [1.82, 2.24) is 5.32 Å². The maximum atomic E-state index is 11.5. The van der Waals surface area contributed by atoms with Crippen molar-refractivity contribution >= 4 is 17.5 Å². The highest BCUT2D eigenvalue weighted by molar-refractivity contribution is 6.17. The van der Waals surface area contributed by atoms with Crippen LogP contribution in [-0.2, 0) is 0 Å². The van der Waals surface area contributed by atoms with E-state index in [0.29, 0.717) is 11.4 Å². The molecule has 0 aliphatic rings. The Hall–Kier alpha value is -1.28. The first-order valence-electron chi connectivity index (χ1n) is 4.91. The molecule has 15 heavy (non-hydrogen) atoms. The van der Waals surface area contributed by atoms with Crippen LogP contribution in [0.1, 0.15) is 23.2 Å². The fourth-order valence-electron chi connectivity index (χ4n) is 1.09. The van der Waals surface area contributed by atoms with E-state index in [9.17, 15) is 4.79 Å². The highest BCUT2D eigenvalue weighted by Crippen LogP contribution is 1.98. The van der Waals surface area contributed by atoms with Crippen molar-refractivity contribution in [3.8, 4) is 0 Å². The summed E-state index contributed by atoms with van der Waals surface area (Å²) in [5, 5.41) is 2.70. The quantitative estimate of drug-likeness (QED) is 0.604. The molecular formula is C12H14ClNO. The van der Waals surface area contributed by atoms with Gasteiger partial charge < -0.3 is 5.32 Å². The molecule has 2 nitrogen and oxygen atoms in total. The van der Waals surface area contributed by atoms with E-state index in [-0.39, 0.29) is 5.91 Å². The molecule has 0 unspecified atom stereocenters. The molecular weight excluding hydrogens is 210 g/mol. The van der Waals surface area contributed by atoms with Gasteiger partial charge in [-0.05, 0) is 25.0 Å². The highest BCUT2D eigenvalue weighted by Gasteiger charge is 1.99. The SMILES string of the molecule is O=C(N/C=C/CCCCl)c1ccccc1. The van der Waals surface area contributed by atoms with Gasteiger partial charge >= 0.3 is 0 Å². The second-order valence-electron chi connectivity index (χ2n) is 3.07. The number of halogens is 1. The predicted molar refractivity (Wildman–Crippen MR) is 63.0 cm³/mol. The van der Waals surface area contributed by atoms with Crippen molar-refractivity contribution in [2.45, 2.75) is 12.8 Å². The Labute approximate surface area is 94.9 Å². The lowest BCUT2D eigenvalue weighted by molar-refractivity contribution is 0.0970. The Morgan fingerprint density at radius 2 is 2.07 bits per heavy atom. The lowest BCUT2D eigenvalue weighted by atomic mass is 10.2. The average molecular weight is 224 g/mol. The zero-order valence-corrected chi connectivity index (χ0v) is 9.20. The molecule has 0 radical (unpaired) electrons. The molecule has 1 rings (SSSR count). The molecule has 80 valence electrons. The molecule has 0 saturated carbocycles. The third-order valence-electron chi connectivity index (χ3n) is 1.87. The van der Waals surface area contributed by atoms with Crippen LogP contribution in [0.15, 0.2) is 42.6 Å². The Morgan fingerprint density at radius 1 is 1.33 bits per heavy atom. The van der Waals surface area contributed by atoms with Crippen LogP contribution in [0, 0.1) is 0 Å². The summed E-state index contributed by atoms with van der Waals surface area (Å²) in [7, 11) is 0. The first-order valence-corrected chi connectivity index (χ1v) is 5.45. The van der Waals surface area contributed by atoms with Gasteiger partial charge in [-0.1, -0.05) is 24.3 Å². The molecule has 0 aromatic heterocycles. The molecule has 0 heterocycles. The van der Waals surface area contributed by atoms with Crippen LogP contribution in [0.4, 0.5) is 0 Å². The second-order valence-corrected chi connectivity index (χ2v) is 3.45. The summed E-state index contributed by atoms with van der Waals surface area (Å²) in [6.07, 6.45) is 5.39. The third-order valence-corrected chi connectivity index (χ3v) is 2.14. The number of benzene rings is 1. The normalized spacial score (nSPS) is 10.5. The van der Waals surface area contributed by atoms with Crippen LogP contribution in [0.5, 0.6) is 0 Å². The van der Waals surface area contributed by atoms with E-state index in [1.54, 1.807) is 18.3 Å². The predicted octanol–water partition coefficient (Wildman–Crippen LogP) is 2.95. The zero-order chi connectivity index (χ0) is 10.9. The van der Waals surface area contributed by atoms with Gasteiger partial charge in [-0.15, -0.1) is 11.6 Å². The van der Waals surface area contributed by atoms with Crippen molar-refractivity contribution in [3.05, 3.63) is 48.2 Å². The maximum Gasteiger partial charge on any atom is 0.255 e.